The number of nitrogens with one attached hydrogen (secondary N) is 1. The van der Waals surface area contributed by atoms with Crippen LogP contribution in [-0.2, 0) is 13.1 Å². The third kappa shape index (κ3) is 4.36. The van der Waals surface area contributed by atoms with E-state index in [0.717, 1.165) is 25.4 Å². The summed E-state index contributed by atoms with van der Waals surface area (Å²) in [7, 11) is 2.13. The van der Waals surface area contributed by atoms with Crippen molar-refractivity contribution in [2.45, 2.75) is 33.9 Å². The van der Waals surface area contributed by atoms with Crippen LogP contribution in [0.1, 0.15) is 30.7 Å². The molecule has 1 aromatic heterocycles. The van der Waals surface area contributed by atoms with Gasteiger partial charge in [0.15, 0.2) is 0 Å². The van der Waals surface area contributed by atoms with Crippen molar-refractivity contribution in [2.24, 2.45) is 5.92 Å². The van der Waals surface area contributed by atoms with Gasteiger partial charge in [0.25, 0.3) is 0 Å². The summed E-state index contributed by atoms with van der Waals surface area (Å²) in [5.41, 5.74) is 3.81. The Morgan fingerprint density at radius 3 is 2.67 bits per heavy atom. The first-order valence-corrected chi connectivity index (χ1v) is 7.60. The molecule has 114 valence electrons. The highest BCUT2D eigenvalue weighted by molar-refractivity contribution is 5.52. The van der Waals surface area contributed by atoms with E-state index in [1.54, 1.807) is 6.26 Å². The molecule has 1 heterocycles. The fourth-order valence-corrected chi connectivity index (χ4v) is 2.47. The van der Waals surface area contributed by atoms with Gasteiger partial charge in [-0.2, -0.15) is 0 Å². The molecule has 0 amide bonds. The third-order valence-corrected chi connectivity index (χ3v) is 3.61. The first-order chi connectivity index (χ1) is 10.1. The van der Waals surface area contributed by atoms with E-state index < -0.39 is 0 Å². The Balaban J connectivity index is 2.00. The number of benzene rings is 1. The molecule has 0 aliphatic rings. The van der Waals surface area contributed by atoms with E-state index in [-0.39, 0.29) is 0 Å². The van der Waals surface area contributed by atoms with Crippen LogP contribution in [0.3, 0.4) is 0 Å². The van der Waals surface area contributed by atoms with Gasteiger partial charge in [-0.05, 0) is 37.1 Å². The van der Waals surface area contributed by atoms with Gasteiger partial charge >= 0.3 is 0 Å². The zero-order chi connectivity index (χ0) is 15.2. The first-order valence-electron chi connectivity index (χ1n) is 7.60. The zero-order valence-corrected chi connectivity index (χ0v) is 13.5. The van der Waals surface area contributed by atoms with Crippen LogP contribution in [0.4, 0.5) is 5.69 Å². The molecule has 0 atom stereocenters. The highest BCUT2D eigenvalue weighted by atomic mass is 16.3. The molecule has 0 bridgehead atoms. The van der Waals surface area contributed by atoms with Gasteiger partial charge in [-0.25, -0.2) is 0 Å². The molecule has 2 rings (SSSR count). The van der Waals surface area contributed by atoms with Gasteiger partial charge in [0, 0.05) is 24.8 Å². The summed E-state index contributed by atoms with van der Waals surface area (Å²) >= 11 is 0. The third-order valence-electron chi connectivity index (χ3n) is 3.61. The molecule has 21 heavy (non-hydrogen) atoms. The molecule has 0 saturated carbocycles. The molecule has 0 unspecified atom stereocenters. The van der Waals surface area contributed by atoms with E-state index in [1.807, 2.05) is 0 Å². The number of hydrogen-bond acceptors (Lipinski definition) is 3. The average molecular weight is 286 g/mol. The number of anilines is 1. The van der Waals surface area contributed by atoms with E-state index in [4.69, 9.17) is 4.42 Å². The quantitative estimate of drug-likeness (QED) is 0.835. The lowest BCUT2D eigenvalue weighted by atomic mass is 10.1. The van der Waals surface area contributed by atoms with Crippen molar-refractivity contribution in [1.82, 2.24) is 5.32 Å². The second-order valence-electron chi connectivity index (χ2n) is 6.04. The van der Waals surface area contributed by atoms with Crippen LogP contribution < -0.4 is 10.2 Å². The minimum atomic E-state index is 0.651. The minimum Gasteiger partial charge on any atom is -0.468 e. The van der Waals surface area contributed by atoms with Crippen LogP contribution in [0.15, 0.2) is 41.0 Å². The number of rotatable bonds is 7. The van der Waals surface area contributed by atoms with E-state index >= 15 is 0 Å². The molecule has 2 aromatic rings. The fourth-order valence-electron chi connectivity index (χ4n) is 2.47. The molecule has 3 nitrogen and oxygen atoms in total. The topological polar surface area (TPSA) is 28.4 Å². The maximum atomic E-state index is 5.62. The van der Waals surface area contributed by atoms with Crippen molar-refractivity contribution >= 4 is 5.69 Å². The summed E-state index contributed by atoms with van der Waals surface area (Å²) in [6.45, 7) is 9.23. The van der Waals surface area contributed by atoms with Crippen LogP contribution in [0.2, 0.25) is 0 Å². The largest absolute Gasteiger partial charge is 0.468 e. The van der Waals surface area contributed by atoms with Crippen LogP contribution in [-0.4, -0.2) is 13.6 Å². The minimum absolute atomic E-state index is 0.651. The van der Waals surface area contributed by atoms with E-state index in [0.29, 0.717) is 5.92 Å². The molecule has 1 aromatic carbocycles. The molecule has 0 spiro atoms. The van der Waals surface area contributed by atoms with E-state index in [2.05, 4.69) is 68.4 Å². The van der Waals surface area contributed by atoms with Crippen molar-refractivity contribution < 1.29 is 4.42 Å². The van der Waals surface area contributed by atoms with Crippen LogP contribution in [0.5, 0.6) is 0 Å². The van der Waals surface area contributed by atoms with E-state index in [9.17, 15) is 0 Å². The van der Waals surface area contributed by atoms with E-state index in [1.165, 1.54) is 16.8 Å². The molecular weight excluding hydrogens is 260 g/mol. The van der Waals surface area contributed by atoms with Crippen molar-refractivity contribution in [1.29, 1.82) is 0 Å². The summed E-state index contributed by atoms with van der Waals surface area (Å²) in [4.78, 5) is 2.27. The molecule has 3 heteroatoms. The summed E-state index contributed by atoms with van der Waals surface area (Å²) in [5.74, 6) is 1.69. The zero-order valence-electron chi connectivity index (χ0n) is 13.5. The smallest absolute Gasteiger partial charge is 0.122 e. The summed E-state index contributed by atoms with van der Waals surface area (Å²) in [5, 5.41) is 3.44. The summed E-state index contributed by atoms with van der Waals surface area (Å²) < 4.78 is 5.62. The van der Waals surface area contributed by atoms with Gasteiger partial charge in [-0.3, -0.25) is 0 Å². The Kier molecular flexibility index (Phi) is 5.45. The molecule has 0 fully saturated rings. The molecule has 1 N–H and O–H groups in total. The molecule has 0 aliphatic carbocycles. The highest BCUT2D eigenvalue weighted by Gasteiger charge is 2.10. The monoisotopic (exact) mass is 286 g/mol. The van der Waals surface area contributed by atoms with Crippen molar-refractivity contribution in [3.63, 3.8) is 0 Å². The molecular formula is C18H26N2O. The molecule has 0 aliphatic heterocycles. The fraction of sp³-hybridized carbons (Fsp3) is 0.444. The lowest BCUT2D eigenvalue weighted by Gasteiger charge is -2.21. The van der Waals surface area contributed by atoms with Crippen molar-refractivity contribution in [3.8, 4) is 0 Å². The van der Waals surface area contributed by atoms with Crippen LogP contribution in [0, 0.1) is 12.8 Å². The Labute approximate surface area is 128 Å². The van der Waals surface area contributed by atoms with Gasteiger partial charge in [-0.1, -0.05) is 32.0 Å². The number of aryl methyl sites for hydroxylation is 1. The van der Waals surface area contributed by atoms with Gasteiger partial charge in [-0.15, -0.1) is 0 Å². The summed E-state index contributed by atoms with van der Waals surface area (Å²) in [6.07, 6.45) is 1.79. The Bertz CT molecular complexity index is 560. The second kappa shape index (κ2) is 7.32. The average Bonchev–Trinajstić information content (AvgIpc) is 2.86. The van der Waals surface area contributed by atoms with Gasteiger partial charge in [0.1, 0.15) is 5.76 Å². The molecule has 0 saturated heterocycles. The number of nitrogens with zero attached hydrogens (tertiary/aromatic N) is 1. The van der Waals surface area contributed by atoms with Crippen LogP contribution in [0.25, 0.3) is 0 Å². The lowest BCUT2D eigenvalue weighted by molar-refractivity contribution is 0.460. The van der Waals surface area contributed by atoms with Crippen molar-refractivity contribution in [2.75, 3.05) is 18.5 Å². The normalized spacial score (nSPS) is 11.1. The second-order valence-corrected chi connectivity index (χ2v) is 6.04. The predicted octanol–water partition coefficient (Wildman–Crippen LogP) is 3.97. The van der Waals surface area contributed by atoms with Crippen molar-refractivity contribution in [3.05, 3.63) is 53.5 Å². The van der Waals surface area contributed by atoms with Gasteiger partial charge in [0.2, 0.25) is 0 Å². The number of hydrogen-bond donors (Lipinski definition) is 1. The predicted molar refractivity (Wildman–Crippen MR) is 88.5 cm³/mol. The maximum Gasteiger partial charge on any atom is 0.122 e. The SMILES string of the molecule is Cc1ccccc1N(C)Cc1ccoc1CNCC(C)C. The Morgan fingerprint density at radius 1 is 1.19 bits per heavy atom. The number of furan rings is 1. The lowest BCUT2D eigenvalue weighted by Crippen LogP contribution is -2.21. The highest BCUT2D eigenvalue weighted by Crippen LogP contribution is 2.21. The standard InChI is InChI=1S/C18H26N2O/c1-14(2)11-19-12-18-16(9-10-21-18)13-20(4)17-8-6-5-7-15(17)3/h5-10,14,19H,11-13H2,1-4H3. The molecule has 0 radical (unpaired) electrons. The van der Waals surface area contributed by atoms with Gasteiger partial charge < -0.3 is 14.6 Å². The first kappa shape index (κ1) is 15.6. The Hall–Kier alpha value is -1.74. The number of para-hydroxylation sites is 1. The maximum absolute atomic E-state index is 5.62. The van der Waals surface area contributed by atoms with Gasteiger partial charge in [0.05, 0.1) is 12.8 Å². The Morgan fingerprint density at radius 2 is 1.95 bits per heavy atom. The summed E-state index contributed by atoms with van der Waals surface area (Å²) in [6, 6.07) is 10.5. The van der Waals surface area contributed by atoms with Crippen LogP contribution >= 0.6 is 0 Å².